The van der Waals surface area contributed by atoms with Gasteiger partial charge >= 0.3 is 0 Å². The molecular formula is C17H30N4O2. The van der Waals surface area contributed by atoms with Crippen LogP contribution in [0, 0.1) is 5.41 Å². The Morgan fingerprint density at radius 3 is 2.52 bits per heavy atom. The first-order valence-corrected chi connectivity index (χ1v) is 7.94. The van der Waals surface area contributed by atoms with Gasteiger partial charge in [-0.2, -0.15) is 0 Å². The minimum absolute atomic E-state index is 0.0195. The van der Waals surface area contributed by atoms with Crippen molar-refractivity contribution in [3.63, 3.8) is 0 Å². The third-order valence-corrected chi connectivity index (χ3v) is 3.76. The lowest BCUT2D eigenvalue weighted by molar-refractivity contribution is -0.128. The zero-order valence-corrected chi connectivity index (χ0v) is 15.4. The fraction of sp³-hybridized carbons (Fsp3) is 0.647. The number of nitrogens with zero attached hydrogens (tertiary/aromatic N) is 2. The Labute approximate surface area is 139 Å². The van der Waals surface area contributed by atoms with Gasteiger partial charge in [-0.15, -0.1) is 0 Å². The number of nitrogens with one attached hydrogen (secondary N) is 1. The second-order valence-corrected chi connectivity index (χ2v) is 6.82. The molecule has 0 spiro atoms. The lowest BCUT2D eigenvalue weighted by atomic mass is 9.95. The fourth-order valence-corrected chi connectivity index (χ4v) is 2.35. The SMILES string of the molecule is CCC(OC)/C(CNC(=O)C(C)(C)C)=C1/N=C(C)C=C(C)N1N. The van der Waals surface area contributed by atoms with Crippen molar-refractivity contribution in [2.45, 2.75) is 54.1 Å². The lowest BCUT2D eigenvalue weighted by Gasteiger charge is -2.29. The van der Waals surface area contributed by atoms with Crippen LogP contribution < -0.4 is 11.2 Å². The third-order valence-electron chi connectivity index (χ3n) is 3.76. The summed E-state index contributed by atoms with van der Waals surface area (Å²) < 4.78 is 5.57. The number of carbonyl (C=O) groups excluding carboxylic acids is 1. The second kappa shape index (κ2) is 7.75. The van der Waals surface area contributed by atoms with Crippen LogP contribution in [0.25, 0.3) is 0 Å². The normalized spacial score (nSPS) is 19.0. The number of hydrogen-bond donors (Lipinski definition) is 2. The number of allylic oxidation sites excluding steroid dienone is 2. The van der Waals surface area contributed by atoms with E-state index in [9.17, 15) is 4.79 Å². The molecule has 0 aromatic heterocycles. The van der Waals surface area contributed by atoms with Crippen LogP contribution in [0.15, 0.2) is 28.2 Å². The molecule has 0 saturated carbocycles. The van der Waals surface area contributed by atoms with Crippen LogP contribution in [0.2, 0.25) is 0 Å². The van der Waals surface area contributed by atoms with E-state index in [4.69, 9.17) is 10.6 Å². The molecule has 1 aliphatic rings. The van der Waals surface area contributed by atoms with Crippen molar-refractivity contribution in [2.75, 3.05) is 13.7 Å². The van der Waals surface area contributed by atoms with Gasteiger partial charge in [0.05, 0.1) is 6.10 Å². The van der Waals surface area contributed by atoms with Crippen LogP contribution in [-0.2, 0) is 9.53 Å². The quantitative estimate of drug-likeness (QED) is 0.761. The number of hydrazine groups is 1. The number of ether oxygens (including phenoxy) is 1. The molecule has 6 nitrogen and oxygen atoms in total. The molecule has 130 valence electrons. The highest BCUT2D eigenvalue weighted by Gasteiger charge is 2.26. The summed E-state index contributed by atoms with van der Waals surface area (Å²) in [6.45, 7) is 11.9. The zero-order chi connectivity index (χ0) is 17.8. The third kappa shape index (κ3) is 4.91. The number of methoxy groups -OCH3 is 1. The molecule has 1 amide bonds. The molecule has 3 N–H and O–H groups in total. The predicted molar refractivity (Wildman–Crippen MR) is 93.5 cm³/mol. The van der Waals surface area contributed by atoms with E-state index in [0.717, 1.165) is 23.4 Å². The maximum absolute atomic E-state index is 12.2. The average Bonchev–Trinajstić information content (AvgIpc) is 2.46. The zero-order valence-electron chi connectivity index (χ0n) is 15.4. The molecule has 0 radical (unpaired) electrons. The van der Waals surface area contributed by atoms with Crippen LogP contribution in [0.3, 0.4) is 0 Å². The van der Waals surface area contributed by atoms with E-state index < -0.39 is 5.41 Å². The molecule has 1 atom stereocenters. The highest BCUT2D eigenvalue weighted by atomic mass is 16.5. The first-order valence-electron chi connectivity index (χ1n) is 7.94. The van der Waals surface area contributed by atoms with Crippen molar-refractivity contribution < 1.29 is 9.53 Å². The number of aliphatic imine (C=N–C) groups is 1. The smallest absolute Gasteiger partial charge is 0.225 e. The summed E-state index contributed by atoms with van der Waals surface area (Å²) in [5.74, 6) is 6.78. The molecule has 1 heterocycles. The topological polar surface area (TPSA) is 80.0 Å². The molecule has 0 aromatic rings. The van der Waals surface area contributed by atoms with Crippen molar-refractivity contribution in [2.24, 2.45) is 16.3 Å². The van der Waals surface area contributed by atoms with Gasteiger partial charge in [-0.05, 0) is 26.3 Å². The van der Waals surface area contributed by atoms with E-state index in [0.29, 0.717) is 12.4 Å². The summed E-state index contributed by atoms with van der Waals surface area (Å²) >= 11 is 0. The van der Waals surface area contributed by atoms with E-state index in [1.54, 1.807) is 12.1 Å². The molecule has 1 unspecified atom stereocenters. The van der Waals surface area contributed by atoms with Gasteiger partial charge in [0.25, 0.3) is 0 Å². The highest BCUT2D eigenvalue weighted by molar-refractivity contribution is 5.94. The van der Waals surface area contributed by atoms with Crippen molar-refractivity contribution in [3.05, 3.63) is 23.2 Å². The van der Waals surface area contributed by atoms with Crippen LogP contribution in [0.5, 0.6) is 0 Å². The molecule has 23 heavy (non-hydrogen) atoms. The molecule has 0 saturated heterocycles. The van der Waals surface area contributed by atoms with Crippen molar-refractivity contribution in [1.82, 2.24) is 10.3 Å². The van der Waals surface area contributed by atoms with Gasteiger partial charge < -0.3 is 10.1 Å². The number of nitrogens with two attached hydrogens (primary N) is 1. The van der Waals surface area contributed by atoms with Crippen LogP contribution in [0.1, 0.15) is 48.0 Å². The number of hydrogen-bond acceptors (Lipinski definition) is 5. The fourth-order valence-electron chi connectivity index (χ4n) is 2.35. The molecule has 1 rings (SSSR count). The Morgan fingerprint density at radius 1 is 1.43 bits per heavy atom. The Hall–Kier alpha value is -1.66. The minimum Gasteiger partial charge on any atom is -0.377 e. The molecular weight excluding hydrogens is 292 g/mol. The van der Waals surface area contributed by atoms with E-state index in [1.165, 1.54) is 0 Å². The summed E-state index contributed by atoms with van der Waals surface area (Å²) in [7, 11) is 1.66. The standard InChI is InChI=1S/C17H30N4O2/c1-8-14(23-7)13(10-19-16(22)17(4,5)6)15-20-11(2)9-12(3)21(15)18/h9,14H,8,10,18H2,1-7H3,(H,19,22)/b15-13-. The largest absolute Gasteiger partial charge is 0.377 e. The Balaban J connectivity index is 3.18. The maximum Gasteiger partial charge on any atom is 0.225 e. The summed E-state index contributed by atoms with van der Waals surface area (Å²) in [5, 5.41) is 4.52. The highest BCUT2D eigenvalue weighted by Crippen LogP contribution is 2.23. The molecule has 0 fully saturated rings. The van der Waals surface area contributed by atoms with Crippen LogP contribution in [0.4, 0.5) is 0 Å². The van der Waals surface area contributed by atoms with Crippen LogP contribution >= 0.6 is 0 Å². The average molecular weight is 322 g/mol. The van der Waals surface area contributed by atoms with Crippen molar-refractivity contribution >= 4 is 11.6 Å². The van der Waals surface area contributed by atoms with Crippen molar-refractivity contribution in [1.29, 1.82) is 0 Å². The molecule has 0 aliphatic carbocycles. The van der Waals surface area contributed by atoms with E-state index in [1.807, 2.05) is 47.6 Å². The number of carbonyl (C=O) groups is 1. The van der Waals surface area contributed by atoms with E-state index in [-0.39, 0.29) is 12.0 Å². The first-order chi connectivity index (χ1) is 10.6. The summed E-state index contributed by atoms with van der Waals surface area (Å²) in [5.41, 5.74) is 2.21. The number of amides is 1. The van der Waals surface area contributed by atoms with Gasteiger partial charge in [-0.3, -0.25) is 9.80 Å². The van der Waals surface area contributed by atoms with Gasteiger partial charge in [-0.25, -0.2) is 10.8 Å². The Bertz CT molecular complexity index is 537. The lowest BCUT2D eigenvalue weighted by Crippen LogP contribution is -2.40. The van der Waals surface area contributed by atoms with Gasteiger partial charge in [0.2, 0.25) is 5.91 Å². The van der Waals surface area contributed by atoms with Gasteiger partial charge in [0.15, 0.2) is 5.82 Å². The van der Waals surface area contributed by atoms with Crippen molar-refractivity contribution in [3.8, 4) is 0 Å². The minimum atomic E-state index is -0.450. The molecule has 1 aliphatic heterocycles. The van der Waals surface area contributed by atoms with E-state index >= 15 is 0 Å². The van der Waals surface area contributed by atoms with Gasteiger partial charge in [0.1, 0.15) is 0 Å². The van der Waals surface area contributed by atoms with E-state index in [2.05, 4.69) is 10.3 Å². The monoisotopic (exact) mass is 322 g/mol. The Kier molecular flexibility index (Phi) is 6.53. The van der Waals surface area contributed by atoms with Gasteiger partial charge in [0, 0.05) is 36.1 Å². The maximum atomic E-state index is 12.2. The first kappa shape index (κ1) is 19.4. The van der Waals surface area contributed by atoms with Gasteiger partial charge in [-0.1, -0.05) is 27.7 Å². The molecule has 6 heteroatoms. The summed E-state index contributed by atoms with van der Waals surface area (Å²) in [6.07, 6.45) is 2.54. The summed E-state index contributed by atoms with van der Waals surface area (Å²) in [6, 6.07) is 0. The second-order valence-electron chi connectivity index (χ2n) is 6.82. The number of rotatable bonds is 5. The van der Waals surface area contributed by atoms with Crippen LogP contribution in [-0.4, -0.2) is 36.4 Å². The molecule has 0 bridgehead atoms. The Morgan fingerprint density at radius 2 is 2.04 bits per heavy atom. The summed E-state index contributed by atoms with van der Waals surface area (Å²) in [4.78, 5) is 16.8. The predicted octanol–water partition coefficient (Wildman–Crippen LogP) is 2.34. The molecule has 0 aromatic carbocycles.